The lowest BCUT2D eigenvalue weighted by Crippen LogP contribution is -2.53. The fourth-order valence-corrected chi connectivity index (χ4v) is 3.44. The molecule has 0 spiro atoms. The maximum absolute atomic E-state index is 12.8. The Labute approximate surface area is 130 Å². The molecule has 1 unspecified atom stereocenters. The Morgan fingerprint density at radius 2 is 2.00 bits per heavy atom. The van der Waals surface area contributed by atoms with E-state index in [1.165, 1.54) is 4.90 Å². The Morgan fingerprint density at radius 3 is 2.77 bits per heavy atom. The van der Waals surface area contributed by atoms with Gasteiger partial charge in [0.2, 0.25) is 11.8 Å². The molecule has 0 aliphatic carbocycles. The van der Waals surface area contributed by atoms with Crippen molar-refractivity contribution in [1.82, 2.24) is 5.32 Å². The third-order valence-electron chi connectivity index (χ3n) is 4.15. The van der Waals surface area contributed by atoms with Crippen LogP contribution in [0.15, 0.2) is 30.3 Å². The first-order valence-corrected chi connectivity index (χ1v) is 7.33. The van der Waals surface area contributed by atoms with Crippen LogP contribution >= 0.6 is 11.6 Å². The zero-order valence-electron chi connectivity index (χ0n) is 11.4. The summed E-state index contributed by atoms with van der Waals surface area (Å²) in [5.74, 6) is -0.977. The summed E-state index contributed by atoms with van der Waals surface area (Å²) in [6.45, 7) is 0. The number of rotatable bonds is 1. The van der Waals surface area contributed by atoms with E-state index in [9.17, 15) is 14.4 Å². The number of piperidine rings is 1. The van der Waals surface area contributed by atoms with Gasteiger partial charge in [0.1, 0.15) is 6.04 Å². The predicted octanol–water partition coefficient (Wildman–Crippen LogP) is 2.26. The van der Waals surface area contributed by atoms with Gasteiger partial charge in [0.05, 0.1) is 11.3 Å². The van der Waals surface area contributed by atoms with E-state index < -0.39 is 11.9 Å². The van der Waals surface area contributed by atoms with Gasteiger partial charge in [-0.05, 0) is 30.0 Å². The SMILES string of the molecule is O=C1CCC(N2C(=O)c3cc(Cl)cc4cccc2c34)C(=O)N1. The number of halogens is 1. The lowest BCUT2D eigenvalue weighted by molar-refractivity contribution is -0.134. The molecule has 1 N–H and O–H groups in total. The van der Waals surface area contributed by atoms with Crippen LogP contribution in [0.5, 0.6) is 0 Å². The van der Waals surface area contributed by atoms with Crippen LogP contribution in [0.1, 0.15) is 23.2 Å². The fourth-order valence-electron chi connectivity index (χ4n) is 3.22. The van der Waals surface area contributed by atoms with Crippen LogP contribution < -0.4 is 10.2 Å². The van der Waals surface area contributed by atoms with Gasteiger partial charge in [-0.2, -0.15) is 0 Å². The minimum absolute atomic E-state index is 0.229. The van der Waals surface area contributed by atoms with Crippen molar-refractivity contribution < 1.29 is 14.4 Å². The molecule has 0 bridgehead atoms. The van der Waals surface area contributed by atoms with Crippen LogP contribution in [0, 0.1) is 0 Å². The zero-order chi connectivity index (χ0) is 15.4. The molecule has 1 fully saturated rings. The van der Waals surface area contributed by atoms with Gasteiger partial charge in [-0.3, -0.25) is 24.6 Å². The second kappa shape index (κ2) is 4.55. The summed E-state index contributed by atoms with van der Waals surface area (Å²) < 4.78 is 0. The predicted molar refractivity (Wildman–Crippen MR) is 81.9 cm³/mol. The van der Waals surface area contributed by atoms with Crippen LogP contribution in [0.25, 0.3) is 10.8 Å². The van der Waals surface area contributed by atoms with Crippen molar-refractivity contribution in [3.8, 4) is 0 Å². The van der Waals surface area contributed by atoms with Crippen molar-refractivity contribution in [2.45, 2.75) is 18.9 Å². The number of imide groups is 1. The molecule has 110 valence electrons. The molecule has 0 saturated carbocycles. The minimum Gasteiger partial charge on any atom is -0.295 e. The fraction of sp³-hybridized carbons (Fsp3) is 0.188. The first-order chi connectivity index (χ1) is 10.6. The van der Waals surface area contributed by atoms with E-state index in [0.29, 0.717) is 22.7 Å². The normalized spacial score (nSPS) is 20.7. The molecule has 2 aliphatic rings. The molecule has 1 saturated heterocycles. The summed E-state index contributed by atoms with van der Waals surface area (Å²) in [5, 5.41) is 4.45. The zero-order valence-corrected chi connectivity index (χ0v) is 12.2. The van der Waals surface area contributed by atoms with E-state index in [1.807, 2.05) is 18.2 Å². The molecule has 1 atom stereocenters. The van der Waals surface area contributed by atoms with Gasteiger partial charge >= 0.3 is 0 Å². The average Bonchev–Trinajstić information content (AvgIpc) is 2.74. The topological polar surface area (TPSA) is 66.5 Å². The number of amides is 3. The summed E-state index contributed by atoms with van der Waals surface area (Å²) >= 11 is 6.08. The number of benzene rings is 2. The molecular formula is C16H11ClN2O3. The molecule has 0 radical (unpaired) electrons. The molecule has 2 aliphatic heterocycles. The molecule has 22 heavy (non-hydrogen) atoms. The highest BCUT2D eigenvalue weighted by Crippen LogP contribution is 2.40. The number of nitrogens with zero attached hydrogens (tertiary/aromatic N) is 1. The number of carbonyl (C=O) groups is 3. The molecule has 6 heteroatoms. The van der Waals surface area contributed by atoms with Gasteiger partial charge in [-0.25, -0.2) is 0 Å². The number of hydrogen-bond acceptors (Lipinski definition) is 3. The Bertz CT molecular complexity index is 862. The van der Waals surface area contributed by atoms with Gasteiger partial charge in [0.15, 0.2) is 0 Å². The molecule has 2 heterocycles. The number of hydrogen-bond donors (Lipinski definition) is 1. The van der Waals surface area contributed by atoms with Crippen molar-refractivity contribution in [1.29, 1.82) is 0 Å². The van der Waals surface area contributed by atoms with Crippen LogP contribution in [0.2, 0.25) is 5.02 Å². The van der Waals surface area contributed by atoms with Gasteiger partial charge in [-0.1, -0.05) is 23.7 Å². The van der Waals surface area contributed by atoms with Crippen molar-refractivity contribution in [3.63, 3.8) is 0 Å². The van der Waals surface area contributed by atoms with Gasteiger partial charge < -0.3 is 0 Å². The van der Waals surface area contributed by atoms with E-state index in [0.717, 1.165) is 10.8 Å². The first-order valence-electron chi connectivity index (χ1n) is 6.96. The lowest BCUT2D eigenvalue weighted by atomic mass is 10.0. The number of anilines is 1. The lowest BCUT2D eigenvalue weighted by Gasteiger charge is -2.30. The Hall–Kier alpha value is -2.40. The minimum atomic E-state index is -0.665. The second-order valence-corrected chi connectivity index (χ2v) is 5.91. The summed E-state index contributed by atoms with van der Waals surface area (Å²) in [6, 6.07) is 8.29. The van der Waals surface area contributed by atoms with E-state index in [4.69, 9.17) is 11.6 Å². The molecule has 4 rings (SSSR count). The highest BCUT2D eigenvalue weighted by molar-refractivity contribution is 6.34. The second-order valence-electron chi connectivity index (χ2n) is 5.47. The summed E-state index contributed by atoms with van der Waals surface area (Å²) in [7, 11) is 0. The van der Waals surface area contributed by atoms with Crippen molar-refractivity contribution in [2.24, 2.45) is 0 Å². The summed E-state index contributed by atoms with van der Waals surface area (Å²) in [4.78, 5) is 37.7. The molecular weight excluding hydrogens is 304 g/mol. The van der Waals surface area contributed by atoms with E-state index >= 15 is 0 Å². The monoisotopic (exact) mass is 314 g/mol. The van der Waals surface area contributed by atoms with Gasteiger partial charge in [-0.15, -0.1) is 0 Å². The maximum atomic E-state index is 12.8. The third kappa shape index (κ3) is 1.75. The number of nitrogens with one attached hydrogen (secondary N) is 1. The van der Waals surface area contributed by atoms with Crippen molar-refractivity contribution >= 4 is 45.8 Å². The third-order valence-corrected chi connectivity index (χ3v) is 4.37. The van der Waals surface area contributed by atoms with Crippen molar-refractivity contribution in [2.75, 3.05) is 4.90 Å². The summed E-state index contributed by atoms with van der Waals surface area (Å²) in [5.41, 5.74) is 1.20. The molecule has 0 aromatic heterocycles. The van der Waals surface area contributed by atoms with Gasteiger partial charge in [0, 0.05) is 16.8 Å². The van der Waals surface area contributed by atoms with Crippen LogP contribution in [-0.2, 0) is 9.59 Å². The van der Waals surface area contributed by atoms with E-state index in [2.05, 4.69) is 5.32 Å². The quantitative estimate of drug-likeness (QED) is 0.821. The standard InChI is InChI=1S/C16H11ClN2O3/c17-9-6-8-2-1-3-11-14(8)10(7-9)16(22)19(11)12-4-5-13(20)18-15(12)21/h1-3,6-7,12H,4-5H2,(H,18,20,21). The number of carbonyl (C=O) groups excluding carboxylic acids is 3. The van der Waals surface area contributed by atoms with Gasteiger partial charge in [0.25, 0.3) is 5.91 Å². The molecule has 2 aromatic rings. The van der Waals surface area contributed by atoms with E-state index in [-0.39, 0.29) is 18.2 Å². The van der Waals surface area contributed by atoms with E-state index in [1.54, 1.807) is 12.1 Å². The van der Waals surface area contributed by atoms with Crippen LogP contribution in [-0.4, -0.2) is 23.8 Å². The largest absolute Gasteiger partial charge is 0.295 e. The molecule has 5 nitrogen and oxygen atoms in total. The molecule has 2 aromatic carbocycles. The van der Waals surface area contributed by atoms with Crippen LogP contribution in [0.4, 0.5) is 5.69 Å². The first kappa shape index (κ1) is 13.3. The average molecular weight is 315 g/mol. The summed E-state index contributed by atoms with van der Waals surface area (Å²) in [6.07, 6.45) is 0.557. The van der Waals surface area contributed by atoms with Crippen molar-refractivity contribution in [3.05, 3.63) is 40.9 Å². The highest BCUT2D eigenvalue weighted by atomic mass is 35.5. The Morgan fingerprint density at radius 1 is 1.18 bits per heavy atom. The van der Waals surface area contributed by atoms with Crippen LogP contribution in [0.3, 0.4) is 0 Å². The Balaban J connectivity index is 1.88. The molecule has 3 amide bonds. The highest BCUT2D eigenvalue weighted by Gasteiger charge is 2.40. The smallest absolute Gasteiger partial charge is 0.259 e. The Kier molecular flexibility index (Phi) is 2.74. The maximum Gasteiger partial charge on any atom is 0.259 e.